The highest BCUT2D eigenvalue weighted by atomic mass is 35.5. The Morgan fingerprint density at radius 3 is 2.67 bits per heavy atom. The third-order valence-electron chi connectivity index (χ3n) is 4.81. The average molecular weight is 427 g/mol. The molecule has 0 saturated heterocycles. The maximum atomic E-state index is 12.9. The van der Waals surface area contributed by atoms with Crippen molar-refractivity contribution >= 4 is 17.6 Å². The van der Waals surface area contributed by atoms with E-state index in [1.807, 2.05) is 37.3 Å². The molecule has 0 amide bonds. The summed E-state index contributed by atoms with van der Waals surface area (Å²) in [6.07, 6.45) is 1.18. The normalized spacial score (nSPS) is 16.3. The number of hydrogen-bond donors (Lipinski definition) is 1. The first kappa shape index (κ1) is 21.5. The van der Waals surface area contributed by atoms with Crippen molar-refractivity contribution in [2.45, 2.75) is 39.5 Å². The Hall–Kier alpha value is -3.24. The van der Waals surface area contributed by atoms with Crippen molar-refractivity contribution in [3.05, 3.63) is 69.5 Å². The molecule has 156 valence electrons. The zero-order valence-electron chi connectivity index (χ0n) is 17.1. The maximum Gasteiger partial charge on any atom is 0.338 e. The summed E-state index contributed by atoms with van der Waals surface area (Å²) in [5, 5.41) is 14.7. The summed E-state index contributed by atoms with van der Waals surface area (Å²) in [5.41, 5.74) is 8.28. The molecular formula is C22H23ClN4O3. The minimum atomic E-state index is -0.825. The predicted molar refractivity (Wildman–Crippen MR) is 113 cm³/mol. The topological polar surface area (TPSA) is 103 Å². The van der Waals surface area contributed by atoms with Crippen LogP contribution in [0, 0.1) is 18.3 Å². The van der Waals surface area contributed by atoms with Gasteiger partial charge in [0.25, 0.3) is 0 Å². The van der Waals surface area contributed by atoms with Gasteiger partial charge < -0.3 is 15.2 Å². The van der Waals surface area contributed by atoms with Crippen LogP contribution >= 0.6 is 11.6 Å². The third kappa shape index (κ3) is 3.79. The van der Waals surface area contributed by atoms with E-state index in [0.29, 0.717) is 28.6 Å². The summed E-state index contributed by atoms with van der Waals surface area (Å²) in [6.45, 7) is 5.65. The molecule has 0 radical (unpaired) electrons. The van der Waals surface area contributed by atoms with Crippen LogP contribution in [0.2, 0.25) is 5.15 Å². The first-order valence-electron chi connectivity index (χ1n) is 9.72. The van der Waals surface area contributed by atoms with Gasteiger partial charge in [-0.05, 0) is 32.4 Å². The molecule has 7 nitrogen and oxygen atoms in total. The van der Waals surface area contributed by atoms with Gasteiger partial charge >= 0.3 is 5.97 Å². The van der Waals surface area contributed by atoms with Crippen LogP contribution in [-0.2, 0) is 14.3 Å². The molecule has 1 aliphatic heterocycles. The van der Waals surface area contributed by atoms with Crippen molar-refractivity contribution in [3.63, 3.8) is 0 Å². The van der Waals surface area contributed by atoms with Crippen LogP contribution in [0.3, 0.4) is 0 Å². The highest BCUT2D eigenvalue weighted by Gasteiger charge is 2.40. The van der Waals surface area contributed by atoms with E-state index in [2.05, 4.69) is 11.2 Å². The van der Waals surface area contributed by atoms with E-state index >= 15 is 0 Å². The molecule has 0 aliphatic carbocycles. The van der Waals surface area contributed by atoms with E-state index in [1.165, 1.54) is 0 Å². The number of nitriles is 1. The minimum Gasteiger partial charge on any atom is -0.463 e. The van der Waals surface area contributed by atoms with Gasteiger partial charge in [0, 0.05) is 12.0 Å². The number of esters is 1. The fourth-order valence-corrected chi connectivity index (χ4v) is 3.91. The van der Waals surface area contributed by atoms with Crippen molar-refractivity contribution in [2.24, 2.45) is 5.73 Å². The molecular weight excluding hydrogens is 404 g/mol. The zero-order valence-corrected chi connectivity index (χ0v) is 17.9. The lowest BCUT2D eigenvalue weighted by Crippen LogP contribution is -2.26. The minimum absolute atomic E-state index is 0.0399. The second-order valence-corrected chi connectivity index (χ2v) is 7.13. The van der Waals surface area contributed by atoms with Gasteiger partial charge in [0.05, 0.1) is 29.5 Å². The summed E-state index contributed by atoms with van der Waals surface area (Å²) in [7, 11) is 0. The maximum absolute atomic E-state index is 12.9. The highest BCUT2D eigenvalue weighted by molar-refractivity contribution is 6.31. The van der Waals surface area contributed by atoms with Gasteiger partial charge in [-0.15, -0.1) is 0 Å². The molecule has 2 N–H and O–H groups in total. The average Bonchev–Trinajstić information content (AvgIpc) is 3.02. The number of halogens is 1. The second-order valence-electron chi connectivity index (χ2n) is 6.77. The number of rotatable bonds is 6. The Labute approximate surface area is 180 Å². The Morgan fingerprint density at radius 1 is 1.37 bits per heavy atom. The van der Waals surface area contributed by atoms with Crippen molar-refractivity contribution < 1.29 is 14.3 Å². The summed E-state index contributed by atoms with van der Waals surface area (Å²) >= 11 is 6.75. The van der Waals surface area contributed by atoms with Crippen LogP contribution in [-0.4, -0.2) is 22.4 Å². The van der Waals surface area contributed by atoms with Gasteiger partial charge in [-0.3, -0.25) is 0 Å². The Balaban J connectivity index is 2.26. The van der Waals surface area contributed by atoms with Crippen LogP contribution in [0.1, 0.15) is 43.9 Å². The quantitative estimate of drug-likeness (QED) is 0.692. The van der Waals surface area contributed by atoms with Crippen molar-refractivity contribution in [1.82, 2.24) is 9.78 Å². The number of aryl methyl sites for hydroxylation is 1. The van der Waals surface area contributed by atoms with Crippen molar-refractivity contribution in [3.8, 4) is 11.8 Å². The number of nitrogens with two attached hydrogens (primary N) is 1. The number of para-hydroxylation sites is 1. The standard InChI is InChI=1S/C22H23ClN4O3/c1-4-9-16-19(22(28)29-5-2)18(15(12-24)21(25)30-16)17-13(3)26-27(20(17)23)14-10-7-6-8-11-14/h6-8,10-11,18H,4-5,9,25H2,1-3H3/t18-/m0/s1. The number of hydrogen-bond acceptors (Lipinski definition) is 6. The van der Waals surface area contributed by atoms with Crippen LogP contribution < -0.4 is 5.73 Å². The summed E-state index contributed by atoms with van der Waals surface area (Å²) < 4.78 is 12.5. The number of nitrogens with zero attached hydrogens (tertiary/aromatic N) is 3. The fraction of sp³-hybridized carbons (Fsp3) is 0.318. The summed E-state index contributed by atoms with van der Waals surface area (Å²) in [6, 6.07) is 11.5. The largest absolute Gasteiger partial charge is 0.463 e. The van der Waals surface area contributed by atoms with E-state index in [1.54, 1.807) is 18.5 Å². The molecule has 2 aromatic rings. The van der Waals surface area contributed by atoms with Gasteiger partial charge in [0.1, 0.15) is 22.6 Å². The smallest absolute Gasteiger partial charge is 0.338 e. The molecule has 1 aromatic heterocycles. The number of benzene rings is 1. The lowest BCUT2D eigenvalue weighted by molar-refractivity contribution is -0.139. The molecule has 0 saturated carbocycles. The third-order valence-corrected chi connectivity index (χ3v) is 5.17. The van der Waals surface area contributed by atoms with E-state index in [4.69, 9.17) is 26.8 Å². The molecule has 8 heteroatoms. The lowest BCUT2D eigenvalue weighted by atomic mass is 9.82. The molecule has 0 unspecified atom stereocenters. The highest BCUT2D eigenvalue weighted by Crippen LogP contribution is 2.44. The van der Waals surface area contributed by atoms with Crippen molar-refractivity contribution in [2.75, 3.05) is 6.61 Å². The van der Waals surface area contributed by atoms with E-state index in [0.717, 1.165) is 12.1 Å². The molecule has 0 spiro atoms. The van der Waals surface area contributed by atoms with Crippen LogP contribution in [0.4, 0.5) is 0 Å². The molecule has 1 aromatic carbocycles. The van der Waals surface area contributed by atoms with E-state index in [-0.39, 0.29) is 23.6 Å². The first-order chi connectivity index (χ1) is 14.4. The molecule has 2 heterocycles. The zero-order chi connectivity index (χ0) is 21.8. The summed E-state index contributed by atoms with van der Waals surface area (Å²) in [4.78, 5) is 12.9. The summed E-state index contributed by atoms with van der Waals surface area (Å²) in [5.74, 6) is -1.04. The van der Waals surface area contributed by atoms with Crippen LogP contribution in [0.5, 0.6) is 0 Å². The van der Waals surface area contributed by atoms with Gasteiger partial charge in [0.2, 0.25) is 5.88 Å². The molecule has 1 atom stereocenters. The Morgan fingerprint density at radius 2 is 2.07 bits per heavy atom. The molecule has 3 rings (SSSR count). The van der Waals surface area contributed by atoms with Crippen molar-refractivity contribution in [1.29, 1.82) is 5.26 Å². The van der Waals surface area contributed by atoms with Gasteiger partial charge in [-0.25, -0.2) is 9.48 Å². The molecule has 30 heavy (non-hydrogen) atoms. The van der Waals surface area contributed by atoms with Crippen LogP contribution in [0.25, 0.3) is 5.69 Å². The number of ether oxygens (including phenoxy) is 2. The predicted octanol–water partition coefficient (Wildman–Crippen LogP) is 4.26. The molecule has 1 aliphatic rings. The first-order valence-corrected chi connectivity index (χ1v) is 10.1. The van der Waals surface area contributed by atoms with Gasteiger partial charge in [-0.1, -0.05) is 36.7 Å². The van der Waals surface area contributed by atoms with Crippen LogP contribution in [0.15, 0.2) is 53.1 Å². The monoisotopic (exact) mass is 426 g/mol. The van der Waals surface area contributed by atoms with Gasteiger partial charge in [-0.2, -0.15) is 10.4 Å². The molecule has 0 bridgehead atoms. The lowest BCUT2D eigenvalue weighted by Gasteiger charge is -2.28. The number of carbonyl (C=O) groups is 1. The fourth-order valence-electron chi connectivity index (χ4n) is 3.53. The number of carbonyl (C=O) groups excluding carboxylic acids is 1. The van der Waals surface area contributed by atoms with Gasteiger partial charge in [0.15, 0.2) is 0 Å². The van der Waals surface area contributed by atoms with E-state index in [9.17, 15) is 10.1 Å². The molecule has 0 fully saturated rings. The number of allylic oxidation sites excluding steroid dienone is 2. The Bertz CT molecular complexity index is 1060. The van der Waals surface area contributed by atoms with E-state index < -0.39 is 11.9 Å². The number of aromatic nitrogens is 2. The SMILES string of the molecule is CCCC1=C(C(=O)OCC)[C@H](c2c(C)nn(-c3ccccc3)c2Cl)C(C#N)=C(N)O1. The second kappa shape index (κ2) is 9.06. The Kier molecular flexibility index (Phi) is 6.48.